The minimum atomic E-state index is -1.12. The van der Waals surface area contributed by atoms with Gasteiger partial charge in [-0.25, -0.2) is 9.97 Å². The highest BCUT2D eigenvalue weighted by molar-refractivity contribution is 9.09. The van der Waals surface area contributed by atoms with Crippen LogP contribution in [0.3, 0.4) is 0 Å². The third kappa shape index (κ3) is 2.72. The van der Waals surface area contributed by atoms with Crippen LogP contribution in [0.1, 0.15) is 32.6 Å². The number of rotatable bonds is 3. The van der Waals surface area contributed by atoms with E-state index < -0.39 is 5.60 Å². The van der Waals surface area contributed by atoms with Gasteiger partial charge >= 0.3 is 0 Å². The molecule has 5 nitrogen and oxygen atoms in total. The fraction of sp³-hybridized carbons (Fsp3) is 0.545. The topological polar surface area (TPSA) is 63.8 Å². The van der Waals surface area contributed by atoms with Crippen molar-refractivity contribution in [2.45, 2.75) is 32.4 Å². The highest BCUT2D eigenvalue weighted by Gasteiger charge is 2.28. The third-order valence-electron chi connectivity index (χ3n) is 2.68. The quantitative estimate of drug-likeness (QED) is 0.513. The molecular weight excluding hydrogens is 355 g/mol. The molecule has 2 heterocycles. The van der Waals surface area contributed by atoms with Crippen LogP contribution in [0.15, 0.2) is 0 Å². The second-order valence-corrected chi connectivity index (χ2v) is 6.17. The van der Waals surface area contributed by atoms with Crippen molar-refractivity contribution in [2.24, 2.45) is 0 Å². The maximum absolute atomic E-state index is 10.3. The van der Waals surface area contributed by atoms with Gasteiger partial charge in [0.05, 0.1) is 0 Å². The molecule has 1 unspecified atom stereocenters. The number of aromatic nitrogens is 4. The Morgan fingerprint density at radius 1 is 1.32 bits per heavy atom. The predicted octanol–water partition coefficient (Wildman–Crippen LogP) is 3.32. The molecule has 2 rings (SSSR count). The molecule has 0 amide bonds. The largest absolute Gasteiger partial charge is 0.383 e. The van der Waals surface area contributed by atoms with Gasteiger partial charge in [0.1, 0.15) is 16.9 Å². The first-order chi connectivity index (χ1) is 8.75. The van der Waals surface area contributed by atoms with Crippen LogP contribution in [0.25, 0.3) is 11.2 Å². The zero-order chi connectivity index (χ0) is 14.4. The lowest BCUT2D eigenvalue weighted by Crippen LogP contribution is -2.24. The average Bonchev–Trinajstić information content (AvgIpc) is 2.67. The molecule has 0 aliphatic carbocycles. The molecule has 0 radical (unpaired) electrons. The van der Waals surface area contributed by atoms with Crippen molar-refractivity contribution >= 4 is 50.3 Å². The highest BCUT2D eigenvalue weighted by atomic mass is 79.9. The molecule has 0 bridgehead atoms. The summed E-state index contributed by atoms with van der Waals surface area (Å²) in [6.45, 7) is 5.30. The van der Waals surface area contributed by atoms with Crippen molar-refractivity contribution in [3.63, 3.8) is 0 Å². The summed E-state index contributed by atoms with van der Waals surface area (Å²) < 4.78 is 1.82. The van der Waals surface area contributed by atoms with Crippen LogP contribution in [0.5, 0.6) is 0 Å². The number of hydrogen-bond donors (Lipinski definition) is 1. The molecule has 19 heavy (non-hydrogen) atoms. The van der Waals surface area contributed by atoms with E-state index in [1.807, 2.05) is 11.5 Å². The Kier molecular flexibility index (Phi) is 4.07. The first-order valence-electron chi connectivity index (χ1n) is 5.65. The first kappa shape index (κ1) is 15.0. The summed E-state index contributed by atoms with van der Waals surface area (Å²) in [5.74, 6) is 0.480. The molecule has 0 fully saturated rings. The van der Waals surface area contributed by atoms with Gasteiger partial charge in [0, 0.05) is 11.4 Å². The number of halogens is 3. The van der Waals surface area contributed by atoms with Gasteiger partial charge in [0.2, 0.25) is 5.28 Å². The van der Waals surface area contributed by atoms with Crippen molar-refractivity contribution in [3.05, 3.63) is 16.3 Å². The lowest BCUT2D eigenvalue weighted by molar-refractivity contribution is 0.0642. The number of hydrogen-bond acceptors (Lipinski definition) is 4. The standard InChI is InChI=1S/C11H13BrCl2N4O/c1-5(4-12)18-8-6(7(13)16-10(14)17-8)15-9(18)11(2,3)19/h5,19H,4H2,1-3H3. The minimum Gasteiger partial charge on any atom is -0.383 e. The van der Waals surface area contributed by atoms with Gasteiger partial charge in [0.25, 0.3) is 0 Å². The summed E-state index contributed by atoms with van der Waals surface area (Å²) in [4.78, 5) is 12.4. The summed E-state index contributed by atoms with van der Waals surface area (Å²) in [5.41, 5.74) is -0.155. The van der Waals surface area contributed by atoms with Gasteiger partial charge in [-0.2, -0.15) is 4.98 Å². The van der Waals surface area contributed by atoms with Crippen molar-refractivity contribution in [2.75, 3.05) is 5.33 Å². The molecule has 0 saturated heterocycles. The Labute approximate surface area is 129 Å². The second-order valence-electron chi connectivity index (χ2n) is 4.82. The molecule has 0 aromatic carbocycles. The summed E-state index contributed by atoms with van der Waals surface area (Å²) in [6, 6.07) is 0.0356. The Balaban J connectivity index is 2.86. The Morgan fingerprint density at radius 3 is 2.47 bits per heavy atom. The number of imidazole rings is 1. The summed E-state index contributed by atoms with van der Waals surface area (Å²) >= 11 is 15.3. The zero-order valence-corrected chi connectivity index (χ0v) is 13.8. The number of alkyl halides is 1. The molecule has 2 aromatic rings. The molecular formula is C11H13BrCl2N4O. The Bertz CT molecular complexity index is 623. The molecule has 1 atom stereocenters. The average molecular weight is 368 g/mol. The van der Waals surface area contributed by atoms with Gasteiger partial charge in [-0.3, -0.25) is 0 Å². The Morgan fingerprint density at radius 2 is 1.95 bits per heavy atom. The van der Waals surface area contributed by atoms with E-state index in [1.165, 1.54) is 0 Å². The fourth-order valence-electron chi connectivity index (χ4n) is 1.83. The Hall–Kier alpha value is -0.430. The van der Waals surface area contributed by atoms with E-state index in [9.17, 15) is 5.11 Å². The minimum absolute atomic E-state index is 0.0356. The third-order valence-corrected chi connectivity index (χ3v) is 4.05. The highest BCUT2D eigenvalue weighted by Crippen LogP contribution is 2.31. The molecule has 8 heteroatoms. The van der Waals surface area contributed by atoms with Crippen molar-refractivity contribution < 1.29 is 5.11 Å². The van der Waals surface area contributed by atoms with Crippen molar-refractivity contribution in [1.82, 2.24) is 19.5 Å². The molecule has 2 aromatic heterocycles. The van der Waals surface area contributed by atoms with Crippen LogP contribution < -0.4 is 0 Å². The second kappa shape index (κ2) is 5.16. The van der Waals surface area contributed by atoms with Crippen LogP contribution in [0, 0.1) is 0 Å². The zero-order valence-electron chi connectivity index (χ0n) is 10.7. The summed E-state index contributed by atoms with van der Waals surface area (Å²) in [6.07, 6.45) is 0. The van der Waals surface area contributed by atoms with E-state index in [1.54, 1.807) is 13.8 Å². The number of aliphatic hydroxyl groups is 1. The van der Waals surface area contributed by atoms with E-state index in [0.717, 1.165) is 0 Å². The molecule has 0 aliphatic heterocycles. The fourth-order valence-corrected chi connectivity index (χ4v) is 2.54. The van der Waals surface area contributed by atoms with E-state index >= 15 is 0 Å². The molecule has 1 N–H and O–H groups in total. The summed E-state index contributed by atoms with van der Waals surface area (Å²) in [5, 5.41) is 11.2. The monoisotopic (exact) mass is 366 g/mol. The van der Waals surface area contributed by atoms with Crippen LogP contribution >= 0.6 is 39.1 Å². The van der Waals surface area contributed by atoms with Gasteiger partial charge < -0.3 is 9.67 Å². The van der Waals surface area contributed by atoms with E-state index in [-0.39, 0.29) is 16.5 Å². The predicted molar refractivity (Wildman–Crippen MR) is 79.1 cm³/mol. The van der Waals surface area contributed by atoms with Gasteiger partial charge in [-0.1, -0.05) is 27.5 Å². The molecule has 0 spiro atoms. The maximum atomic E-state index is 10.3. The van der Waals surface area contributed by atoms with Gasteiger partial charge in [0.15, 0.2) is 10.8 Å². The lowest BCUT2D eigenvalue weighted by atomic mass is 10.1. The lowest BCUT2D eigenvalue weighted by Gasteiger charge is -2.21. The smallest absolute Gasteiger partial charge is 0.225 e. The van der Waals surface area contributed by atoms with Crippen molar-refractivity contribution in [1.29, 1.82) is 0 Å². The molecule has 0 saturated carbocycles. The van der Waals surface area contributed by atoms with E-state index in [2.05, 4.69) is 30.9 Å². The van der Waals surface area contributed by atoms with Crippen LogP contribution in [-0.2, 0) is 5.60 Å². The van der Waals surface area contributed by atoms with E-state index in [4.69, 9.17) is 23.2 Å². The van der Waals surface area contributed by atoms with Crippen LogP contribution in [0.4, 0.5) is 0 Å². The van der Waals surface area contributed by atoms with Crippen LogP contribution in [-0.4, -0.2) is 30.0 Å². The van der Waals surface area contributed by atoms with Gasteiger partial charge in [-0.15, -0.1) is 0 Å². The first-order valence-corrected chi connectivity index (χ1v) is 7.53. The molecule has 104 valence electrons. The molecule has 0 aliphatic rings. The number of nitrogens with zero attached hydrogens (tertiary/aromatic N) is 4. The van der Waals surface area contributed by atoms with E-state index in [0.29, 0.717) is 22.3 Å². The van der Waals surface area contributed by atoms with Crippen molar-refractivity contribution in [3.8, 4) is 0 Å². The van der Waals surface area contributed by atoms with Gasteiger partial charge in [-0.05, 0) is 32.4 Å². The van der Waals surface area contributed by atoms with Crippen LogP contribution in [0.2, 0.25) is 10.4 Å². The maximum Gasteiger partial charge on any atom is 0.225 e. The number of fused-ring (bicyclic) bond motifs is 1. The summed E-state index contributed by atoms with van der Waals surface area (Å²) in [7, 11) is 0. The normalized spacial score (nSPS) is 14.1. The SMILES string of the molecule is CC(CBr)n1c(C(C)(C)O)nc2c(Cl)nc(Cl)nc21.